The Kier molecular flexibility index (Phi) is 43.3. The number of imidazole rings is 1. The second-order valence-corrected chi connectivity index (χ2v) is 35.3. The van der Waals surface area contributed by atoms with Crippen LogP contribution in [0.4, 0.5) is 0 Å². The molecule has 3 aliphatic heterocycles. The molecule has 4 aromatic heterocycles. The molecule has 39 nitrogen and oxygen atoms in total. The number of aliphatic hydroxyl groups is 2. The molecule has 14 amide bonds. The van der Waals surface area contributed by atoms with E-state index in [2.05, 4.69) is 99.7 Å². The fourth-order valence-corrected chi connectivity index (χ4v) is 16.1. The number of carbonyl (C=O) groups excluding carboxylic acids is 14. The molecule has 24 N–H and O–H groups in total. The number of H-pyrrole nitrogens is 2. The lowest BCUT2D eigenvalue weighted by Gasteiger charge is -2.29. The smallest absolute Gasteiger partial charge is 0.245 e. The van der Waals surface area contributed by atoms with Crippen LogP contribution in [0.1, 0.15) is 127 Å². The molecule has 7 heterocycles. The molecular formula is C91H126N22O17S2. The molecular weight excluding hydrogens is 1740 g/mol. The first-order chi connectivity index (χ1) is 63.2. The van der Waals surface area contributed by atoms with Crippen molar-refractivity contribution in [3.05, 3.63) is 168 Å². The van der Waals surface area contributed by atoms with E-state index in [0.717, 1.165) is 50.7 Å². The van der Waals surface area contributed by atoms with E-state index in [1.165, 1.54) is 69.3 Å². The first-order valence-corrected chi connectivity index (χ1v) is 46.5. The van der Waals surface area contributed by atoms with Gasteiger partial charge in [-0.25, -0.2) is 4.98 Å². The summed E-state index contributed by atoms with van der Waals surface area (Å²) >= 11 is 2.32. The van der Waals surface area contributed by atoms with Gasteiger partial charge in [-0.05, 0) is 144 Å². The maximum atomic E-state index is 15.5. The molecule has 0 unspecified atom stereocenters. The third-order valence-electron chi connectivity index (χ3n) is 21.5. The first kappa shape index (κ1) is 105. The van der Waals surface area contributed by atoms with Crippen molar-refractivity contribution in [2.75, 3.05) is 57.4 Å². The first-order valence-electron chi connectivity index (χ1n) is 44.2. The lowest BCUT2D eigenvalue weighted by Crippen LogP contribution is -2.62. The van der Waals surface area contributed by atoms with Crippen molar-refractivity contribution in [3.8, 4) is 16.9 Å². The number of pyridine rings is 2. The summed E-state index contributed by atoms with van der Waals surface area (Å²) in [5.74, 6) is -13.6. The Balaban J connectivity index is 1.15. The van der Waals surface area contributed by atoms with Gasteiger partial charge in [-0.15, -0.1) is 0 Å². The van der Waals surface area contributed by atoms with E-state index < -0.39 is 187 Å². The zero-order chi connectivity index (χ0) is 95.8. The molecule has 0 radical (unpaired) electrons. The van der Waals surface area contributed by atoms with Crippen LogP contribution in [0.2, 0.25) is 0 Å². The number of hydrogen-bond acceptors (Lipinski definition) is 25. The minimum absolute atomic E-state index is 0.105. The number of benzene rings is 3. The highest BCUT2D eigenvalue weighted by molar-refractivity contribution is 7.98. The highest BCUT2D eigenvalue weighted by Gasteiger charge is 2.39. The summed E-state index contributed by atoms with van der Waals surface area (Å²) in [6.07, 6.45) is 7.39. The lowest BCUT2D eigenvalue weighted by molar-refractivity contribution is -0.136. The van der Waals surface area contributed by atoms with Crippen LogP contribution in [0, 0.1) is 11.8 Å². The summed E-state index contributed by atoms with van der Waals surface area (Å²) in [5.41, 5.74) is 15.9. The van der Waals surface area contributed by atoms with E-state index in [-0.39, 0.29) is 73.3 Å². The zero-order valence-electron chi connectivity index (χ0n) is 75.3. The number of thioether (sulfide) groups is 2. The number of hydrogen-bond donors (Lipinski definition) is 22. The molecule has 3 aromatic carbocycles. The van der Waals surface area contributed by atoms with E-state index in [9.17, 15) is 58.5 Å². The van der Waals surface area contributed by atoms with Gasteiger partial charge in [0.25, 0.3) is 0 Å². The molecule has 0 aliphatic carbocycles. The summed E-state index contributed by atoms with van der Waals surface area (Å²) in [7, 11) is 0. The number of phenolic OH excluding ortho intramolecular Hbond substituents is 1. The van der Waals surface area contributed by atoms with Crippen LogP contribution in [0.15, 0.2) is 134 Å². The normalized spacial score (nSPS) is 19.6. The number of phenols is 1. The summed E-state index contributed by atoms with van der Waals surface area (Å²) in [5, 5.41) is 74.3. The molecule has 132 heavy (non-hydrogen) atoms. The highest BCUT2D eigenvalue weighted by atomic mass is 32.2. The Bertz CT molecular complexity index is 4940. The number of fused-ring (bicyclic) bond motifs is 3. The SMILES string of the molecule is CC(=O)N[C@@H](CC(C)C)C(=O)N[C@H](C(=O)N[C@@H](Cc1ccccc1)C(=O)N[C@H]1CSCc2ccc(cn2)-c2ccc(nc2)CSC[C@@H](C(=O)N[C@@H](CO)C(=O)NCCCNCCCCNCCCN)NC(=O)[C@H](C(C)C)NC(=O)[C@H](CCC(N)=O)NC(=O)[C@H](C)NC(=O)[C@H](Cc2c[nH]c3ccccc23)NC(=O)[C@H](Cc2ccc(O)cc2)NC(=O)[C@H](Cc2cnc[nH]2)NC1=O)[C@@H](C)O. The van der Waals surface area contributed by atoms with Gasteiger partial charge >= 0.3 is 0 Å². The summed E-state index contributed by atoms with van der Waals surface area (Å²) in [4.78, 5) is 222. The third kappa shape index (κ3) is 35.0. The number of aromatic amines is 2. The van der Waals surface area contributed by atoms with Crippen molar-refractivity contribution in [1.82, 2.24) is 105 Å². The molecule has 10 rings (SSSR count). The quantitative estimate of drug-likeness (QED) is 0.0217. The lowest BCUT2D eigenvalue weighted by atomic mass is 10.0. The van der Waals surface area contributed by atoms with Gasteiger partial charge in [-0.2, -0.15) is 23.5 Å². The van der Waals surface area contributed by atoms with Gasteiger partial charge < -0.3 is 117 Å². The predicted molar refractivity (Wildman–Crippen MR) is 498 cm³/mol. The van der Waals surface area contributed by atoms with Gasteiger partial charge in [-0.3, -0.25) is 77.1 Å². The maximum absolute atomic E-state index is 15.5. The number of primary amides is 1. The molecule has 714 valence electrons. The molecule has 41 heteroatoms. The highest BCUT2D eigenvalue weighted by Crippen LogP contribution is 2.25. The fraction of sp³-hybridized carbons (Fsp3) is 0.484. The monoisotopic (exact) mass is 1860 g/mol. The van der Waals surface area contributed by atoms with Gasteiger partial charge in [0.05, 0.1) is 30.4 Å². The fourth-order valence-electron chi connectivity index (χ4n) is 14.2. The summed E-state index contributed by atoms with van der Waals surface area (Å²) in [6.45, 7) is 13.6. The molecule has 7 aromatic rings. The number of carbonyl (C=O) groups is 14. The van der Waals surface area contributed by atoms with Gasteiger partial charge in [0.15, 0.2) is 0 Å². The van der Waals surface area contributed by atoms with Crippen LogP contribution in [0.3, 0.4) is 0 Å². The van der Waals surface area contributed by atoms with Crippen molar-refractivity contribution in [1.29, 1.82) is 0 Å². The molecule has 0 saturated carbocycles. The number of aromatic nitrogens is 5. The second kappa shape index (κ2) is 54.4. The average molecular weight is 1860 g/mol. The summed E-state index contributed by atoms with van der Waals surface area (Å²) in [6, 6.07) is 9.91. The van der Waals surface area contributed by atoms with E-state index in [0.29, 0.717) is 75.3 Å². The zero-order valence-corrected chi connectivity index (χ0v) is 76.9. The van der Waals surface area contributed by atoms with Crippen molar-refractivity contribution in [2.45, 2.75) is 209 Å². The van der Waals surface area contributed by atoms with Crippen LogP contribution in [0.25, 0.3) is 22.0 Å². The van der Waals surface area contributed by atoms with Crippen molar-refractivity contribution in [3.63, 3.8) is 0 Å². The van der Waals surface area contributed by atoms with Gasteiger partial charge in [-0.1, -0.05) is 100 Å². The van der Waals surface area contributed by atoms with E-state index in [4.69, 9.17) is 16.5 Å². The summed E-state index contributed by atoms with van der Waals surface area (Å²) < 4.78 is 0. The molecule has 4 bridgehead atoms. The number of rotatable bonds is 38. The second-order valence-electron chi connectivity index (χ2n) is 33.3. The number of unbranched alkanes of at least 4 members (excludes halogenated alkanes) is 1. The van der Waals surface area contributed by atoms with E-state index in [1.807, 2.05) is 13.8 Å². The van der Waals surface area contributed by atoms with Crippen LogP contribution in [-0.2, 0) is 104 Å². The number of nitrogens with zero attached hydrogens (tertiary/aromatic N) is 3. The van der Waals surface area contributed by atoms with E-state index in [1.54, 1.807) is 111 Å². The minimum atomic E-state index is -1.69. The molecule has 0 spiro atoms. The Morgan fingerprint density at radius 1 is 0.553 bits per heavy atom. The molecule has 3 aliphatic rings. The molecule has 0 saturated heterocycles. The van der Waals surface area contributed by atoms with Crippen molar-refractivity contribution < 1.29 is 82.4 Å². The average Bonchev–Trinajstić information content (AvgIpc) is 1.64. The Morgan fingerprint density at radius 2 is 1.15 bits per heavy atom. The Hall–Kier alpha value is -12.4. The largest absolute Gasteiger partial charge is 0.508 e. The molecule has 0 fully saturated rings. The Labute approximate surface area is 774 Å². The predicted octanol–water partition coefficient (Wildman–Crippen LogP) is -0.483. The molecule has 13 atom stereocenters. The third-order valence-corrected chi connectivity index (χ3v) is 23.7. The van der Waals surface area contributed by atoms with Crippen LogP contribution < -0.4 is 91.2 Å². The number of amides is 14. The van der Waals surface area contributed by atoms with Gasteiger partial charge in [0.1, 0.15) is 78.3 Å². The van der Waals surface area contributed by atoms with Crippen LogP contribution in [0.5, 0.6) is 5.75 Å². The van der Waals surface area contributed by atoms with E-state index >= 15 is 24.0 Å². The van der Waals surface area contributed by atoms with Gasteiger partial charge in [0.2, 0.25) is 82.7 Å². The van der Waals surface area contributed by atoms with Crippen molar-refractivity contribution in [2.24, 2.45) is 23.3 Å². The topological polar surface area (TPSA) is 602 Å². The minimum Gasteiger partial charge on any atom is -0.508 e. The standard InChI is InChI=1S/C91H126N22O17S2/c1-52(2)37-69(103-56(7)116)87(126)113-79(55(6)115)91(130)108-71(38-57-17-9-8-10-18-57)85(124)110-75-49-131-47-62-25-23-59(42-98-62)60-24-26-63(99-43-60)48-132-50-76(89(128)109-74(46-114)81(120)97-36-16-35-95-33-14-13-32-94-34-15-31-92)111-90(129)78(53(3)4)112-82(121)68(29-30-77(93)118)104-80(119)54(5)102-83(122)72(40-61-44-100-67-20-12-11-19-66(61)67)106-84(123)70(39-58-21-27-65(117)28-22-58)105-86(125)73(107-88(75)127)41-64-45-96-51-101-64/h8-12,17-28,42-45,51-55,68-76,78-79,94-95,100,114-115,117H,13-16,29-41,46-50,92H2,1-7H3,(H2,93,118)(H,96,101)(H,97,120)(H,102,122)(H,103,116)(H,104,119)(H,105,125)(H,106,123)(H,107,127)(H,108,130)(H,109,128)(H,110,124)(H,111,129)(H,112,121)(H,113,126)/t54-,55+,68-,69-,70-,71-,72-,73-,74-,75-,76-,78-,79-/m0/s1. The number of nitrogens with one attached hydrogen (secondary N) is 17. The number of nitrogens with two attached hydrogens (primary N) is 2. The van der Waals surface area contributed by atoms with Crippen LogP contribution >= 0.6 is 23.5 Å². The van der Waals surface area contributed by atoms with Crippen LogP contribution in [-0.4, -0.2) is 259 Å². The number of para-hydroxylation sites is 1. The number of aromatic hydroxyl groups is 1. The Morgan fingerprint density at radius 3 is 1.75 bits per heavy atom. The van der Waals surface area contributed by atoms with Crippen molar-refractivity contribution >= 4 is 117 Å². The van der Waals surface area contributed by atoms with Gasteiger partial charge in [0, 0.05) is 121 Å². The number of aliphatic hydroxyl groups excluding tert-OH is 2. The maximum Gasteiger partial charge on any atom is 0.245 e.